The largest absolute Gasteiger partial charge is 0.347 e. The Hall–Kier alpha value is -2.11. The molecule has 0 fully saturated rings. The average Bonchev–Trinajstić information content (AvgIpc) is 2.82. The van der Waals surface area contributed by atoms with Crippen molar-refractivity contribution in [2.45, 2.75) is 13.5 Å². The van der Waals surface area contributed by atoms with Crippen molar-refractivity contribution < 1.29 is 4.79 Å². The molecule has 0 atom stereocenters. The van der Waals surface area contributed by atoms with E-state index < -0.39 is 0 Å². The highest BCUT2D eigenvalue weighted by atomic mass is 35.5. The van der Waals surface area contributed by atoms with Crippen molar-refractivity contribution >= 4 is 34.8 Å². The Bertz CT molecular complexity index is 846. The van der Waals surface area contributed by atoms with E-state index in [9.17, 15) is 4.79 Å². The van der Waals surface area contributed by atoms with Gasteiger partial charge in [-0.2, -0.15) is 0 Å². The van der Waals surface area contributed by atoms with Crippen LogP contribution < -0.4 is 5.32 Å². The molecule has 5 nitrogen and oxygen atoms in total. The molecule has 0 aromatic carbocycles. The number of aryl methyl sites for hydroxylation is 1. The zero-order valence-electron chi connectivity index (χ0n) is 11.7. The van der Waals surface area contributed by atoms with Gasteiger partial charge in [0.1, 0.15) is 5.69 Å². The number of imidazole rings is 1. The summed E-state index contributed by atoms with van der Waals surface area (Å²) < 4.78 is 1.61. The lowest BCUT2D eigenvalue weighted by molar-refractivity contribution is 0.0944. The third-order valence-electron chi connectivity index (χ3n) is 3.23. The maximum Gasteiger partial charge on any atom is 0.270 e. The molecule has 3 aromatic heterocycles. The van der Waals surface area contributed by atoms with E-state index in [-0.39, 0.29) is 5.91 Å². The zero-order chi connectivity index (χ0) is 15.7. The van der Waals surface area contributed by atoms with Crippen molar-refractivity contribution in [3.8, 4) is 0 Å². The zero-order valence-corrected chi connectivity index (χ0v) is 13.2. The minimum absolute atomic E-state index is 0.236. The third kappa shape index (κ3) is 2.77. The van der Waals surface area contributed by atoms with Gasteiger partial charge in [-0.05, 0) is 30.7 Å². The number of carbonyl (C=O) groups is 1. The predicted molar refractivity (Wildman–Crippen MR) is 85.4 cm³/mol. The Labute approximate surface area is 136 Å². The van der Waals surface area contributed by atoms with E-state index in [1.54, 1.807) is 36.0 Å². The summed E-state index contributed by atoms with van der Waals surface area (Å²) in [4.78, 5) is 20.7. The van der Waals surface area contributed by atoms with Crippen LogP contribution in [0.15, 0.2) is 36.8 Å². The molecular formula is C15H12Cl2N4O. The first-order valence-electron chi connectivity index (χ1n) is 6.57. The Morgan fingerprint density at radius 1 is 1.32 bits per heavy atom. The molecule has 0 unspecified atom stereocenters. The minimum atomic E-state index is -0.236. The second-order valence-corrected chi connectivity index (χ2v) is 5.63. The molecule has 0 aliphatic carbocycles. The summed E-state index contributed by atoms with van der Waals surface area (Å²) in [6, 6.07) is 5.29. The fourth-order valence-corrected chi connectivity index (χ4v) is 2.74. The molecule has 1 N–H and O–H groups in total. The van der Waals surface area contributed by atoms with Crippen molar-refractivity contribution in [2.24, 2.45) is 0 Å². The fourth-order valence-electron chi connectivity index (χ4n) is 2.23. The lowest BCUT2D eigenvalue weighted by Crippen LogP contribution is -2.25. The van der Waals surface area contributed by atoms with Gasteiger partial charge in [0.15, 0.2) is 5.65 Å². The number of aromatic nitrogens is 3. The van der Waals surface area contributed by atoms with E-state index in [0.717, 1.165) is 5.56 Å². The van der Waals surface area contributed by atoms with Gasteiger partial charge in [-0.15, -0.1) is 0 Å². The van der Waals surface area contributed by atoms with Gasteiger partial charge >= 0.3 is 0 Å². The van der Waals surface area contributed by atoms with Crippen molar-refractivity contribution in [3.63, 3.8) is 0 Å². The Balaban J connectivity index is 1.92. The number of hydrogen-bond acceptors (Lipinski definition) is 3. The van der Waals surface area contributed by atoms with E-state index >= 15 is 0 Å². The van der Waals surface area contributed by atoms with Crippen LogP contribution in [-0.2, 0) is 6.54 Å². The van der Waals surface area contributed by atoms with Gasteiger partial charge in [-0.1, -0.05) is 23.2 Å². The summed E-state index contributed by atoms with van der Waals surface area (Å²) in [5, 5.41) is 3.71. The highest BCUT2D eigenvalue weighted by Crippen LogP contribution is 2.24. The number of rotatable bonds is 3. The van der Waals surface area contributed by atoms with E-state index in [2.05, 4.69) is 15.3 Å². The number of halogens is 2. The maximum atomic E-state index is 12.5. The summed E-state index contributed by atoms with van der Waals surface area (Å²) in [6.45, 7) is 2.17. The number of pyridine rings is 2. The number of carbonyl (C=O) groups excluding carboxylic acids is 1. The molecule has 0 aliphatic rings. The Morgan fingerprint density at radius 3 is 2.77 bits per heavy atom. The molecule has 0 bridgehead atoms. The standard InChI is InChI=1S/C15H12Cl2N4O/c1-9-13(15(22)19-7-10-2-4-18-5-3-10)21-8-11(16)6-12(17)14(21)20-9/h2-6,8H,7H2,1H3,(H,19,22). The maximum absolute atomic E-state index is 12.5. The van der Waals surface area contributed by atoms with E-state index in [0.29, 0.717) is 33.6 Å². The number of hydrogen-bond donors (Lipinski definition) is 1. The number of nitrogens with one attached hydrogen (secondary N) is 1. The summed E-state index contributed by atoms with van der Waals surface area (Å²) in [5.41, 5.74) is 2.49. The Morgan fingerprint density at radius 2 is 2.05 bits per heavy atom. The third-order valence-corrected chi connectivity index (χ3v) is 3.72. The normalized spacial score (nSPS) is 10.9. The molecule has 0 radical (unpaired) electrons. The summed E-state index contributed by atoms with van der Waals surface area (Å²) in [6.07, 6.45) is 4.99. The van der Waals surface area contributed by atoms with Crippen LogP contribution in [0.3, 0.4) is 0 Å². The second-order valence-electron chi connectivity index (χ2n) is 4.78. The van der Waals surface area contributed by atoms with Crippen LogP contribution in [-0.4, -0.2) is 20.3 Å². The van der Waals surface area contributed by atoms with Crippen LogP contribution >= 0.6 is 23.2 Å². The predicted octanol–water partition coefficient (Wildman–Crippen LogP) is 3.27. The smallest absolute Gasteiger partial charge is 0.270 e. The molecule has 3 heterocycles. The molecule has 22 heavy (non-hydrogen) atoms. The topological polar surface area (TPSA) is 59.3 Å². The first-order chi connectivity index (χ1) is 10.6. The Kier molecular flexibility index (Phi) is 4.00. The molecule has 112 valence electrons. The summed E-state index contributed by atoms with van der Waals surface area (Å²) in [7, 11) is 0. The lowest BCUT2D eigenvalue weighted by Gasteiger charge is -2.06. The van der Waals surface area contributed by atoms with Crippen molar-refractivity contribution in [3.05, 3.63) is 63.8 Å². The van der Waals surface area contributed by atoms with Crippen LogP contribution in [0.25, 0.3) is 5.65 Å². The molecule has 7 heteroatoms. The number of fused-ring (bicyclic) bond motifs is 1. The number of amides is 1. The van der Waals surface area contributed by atoms with Gasteiger partial charge in [-0.25, -0.2) is 4.98 Å². The first-order valence-corrected chi connectivity index (χ1v) is 7.32. The molecular weight excluding hydrogens is 323 g/mol. The molecule has 0 spiro atoms. The van der Waals surface area contributed by atoms with Gasteiger partial charge in [-0.3, -0.25) is 14.2 Å². The molecule has 0 saturated heterocycles. The highest BCUT2D eigenvalue weighted by molar-refractivity contribution is 6.36. The van der Waals surface area contributed by atoms with Crippen LogP contribution in [0.4, 0.5) is 0 Å². The van der Waals surface area contributed by atoms with Crippen molar-refractivity contribution in [1.82, 2.24) is 19.7 Å². The minimum Gasteiger partial charge on any atom is -0.347 e. The first kappa shape index (κ1) is 14.8. The fraction of sp³-hybridized carbons (Fsp3) is 0.133. The van der Waals surface area contributed by atoms with Crippen molar-refractivity contribution in [1.29, 1.82) is 0 Å². The molecule has 0 saturated carbocycles. The van der Waals surface area contributed by atoms with Gasteiger partial charge in [0.25, 0.3) is 5.91 Å². The van der Waals surface area contributed by atoms with E-state index in [4.69, 9.17) is 23.2 Å². The number of nitrogens with zero attached hydrogens (tertiary/aromatic N) is 3. The SMILES string of the molecule is Cc1nc2c(Cl)cc(Cl)cn2c1C(=O)NCc1ccncc1. The van der Waals surface area contributed by atoms with Crippen LogP contribution in [0.1, 0.15) is 21.7 Å². The van der Waals surface area contributed by atoms with Crippen molar-refractivity contribution in [2.75, 3.05) is 0 Å². The van der Waals surface area contributed by atoms with Gasteiger partial charge in [0.05, 0.1) is 15.7 Å². The van der Waals surface area contributed by atoms with Gasteiger partial charge < -0.3 is 5.32 Å². The molecule has 0 aliphatic heterocycles. The average molecular weight is 335 g/mol. The quantitative estimate of drug-likeness (QED) is 0.799. The lowest BCUT2D eigenvalue weighted by atomic mass is 10.2. The van der Waals surface area contributed by atoms with E-state index in [1.807, 2.05) is 12.1 Å². The second kappa shape index (κ2) is 5.94. The van der Waals surface area contributed by atoms with Crippen LogP contribution in [0.2, 0.25) is 10.0 Å². The van der Waals surface area contributed by atoms with Gasteiger partial charge in [0, 0.05) is 25.1 Å². The summed E-state index contributed by atoms with van der Waals surface area (Å²) >= 11 is 12.1. The molecule has 1 amide bonds. The summed E-state index contributed by atoms with van der Waals surface area (Å²) in [5.74, 6) is -0.236. The monoisotopic (exact) mass is 334 g/mol. The molecule has 3 aromatic rings. The van der Waals surface area contributed by atoms with Crippen LogP contribution in [0, 0.1) is 6.92 Å². The molecule has 3 rings (SSSR count). The highest BCUT2D eigenvalue weighted by Gasteiger charge is 2.18. The van der Waals surface area contributed by atoms with Gasteiger partial charge in [0.2, 0.25) is 0 Å². The van der Waals surface area contributed by atoms with Crippen LogP contribution in [0.5, 0.6) is 0 Å². The van der Waals surface area contributed by atoms with E-state index in [1.165, 1.54) is 0 Å².